The predicted octanol–water partition coefficient (Wildman–Crippen LogP) is 7.05. The Morgan fingerprint density at radius 3 is 2.16 bits per heavy atom. The summed E-state index contributed by atoms with van der Waals surface area (Å²) in [5.74, 6) is -0.581. The fraction of sp³-hybridized carbons (Fsp3) is 0.103. The van der Waals surface area contributed by atoms with Gasteiger partial charge in [-0.25, -0.2) is 4.79 Å². The molecule has 6 rings (SSSR count). The lowest BCUT2D eigenvalue weighted by molar-refractivity contribution is 0.0696. The maximum atomic E-state index is 12.0. The lowest BCUT2D eigenvalue weighted by Gasteiger charge is -2.17. The highest BCUT2D eigenvalue weighted by molar-refractivity contribution is 6.12. The average molecular weight is 418 g/mol. The number of hydrogen-bond acceptors (Lipinski definition) is 2. The van der Waals surface area contributed by atoms with E-state index in [-0.39, 0.29) is 0 Å². The van der Waals surface area contributed by atoms with Crippen molar-refractivity contribution < 1.29 is 14.7 Å². The predicted molar refractivity (Wildman–Crippen MR) is 130 cm³/mol. The molecule has 0 amide bonds. The minimum atomic E-state index is -0.884. The zero-order chi connectivity index (χ0) is 22.1. The van der Waals surface area contributed by atoms with E-state index in [9.17, 15) is 9.59 Å². The Kier molecular flexibility index (Phi) is 5.16. The molecule has 0 atom stereocenters. The molecule has 3 heteroatoms. The molecular formula is C29H22O3. The van der Waals surface area contributed by atoms with Crippen LogP contribution in [0.3, 0.4) is 0 Å². The van der Waals surface area contributed by atoms with Crippen LogP contribution < -0.4 is 0 Å². The van der Waals surface area contributed by atoms with Crippen LogP contribution in [0.1, 0.15) is 39.1 Å². The molecule has 0 unspecified atom stereocenters. The molecule has 0 heterocycles. The molecule has 0 bridgehead atoms. The van der Waals surface area contributed by atoms with Crippen LogP contribution in [0.15, 0.2) is 91.0 Å². The first-order valence-electron chi connectivity index (χ1n) is 10.8. The summed E-state index contributed by atoms with van der Waals surface area (Å²) in [7, 11) is 0. The number of ketones is 1. The summed E-state index contributed by atoms with van der Waals surface area (Å²) in [5, 5.41) is 15.8. The number of carbonyl (C=O) groups excluding carboxylic acids is 1. The second-order valence-corrected chi connectivity index (χ2v) is 8.12. The van der Waals surface area contributed by atoms with Crippen molar-refractivity contribution in [3.63, 3.8) is 0 Å². The van der Waals surface area contributed by atoms with E-state index in [0.29, 0.717) is 17.8 Å². The molecule has 1 aliphatic rings. The number of aryl methyl sites for hydroxylation is 1. The van der Waals surface area contributed by atoms with E-state index in [2.05, 4.69) is 42.5 Å². The number of rotatable bonds is 1. The maximum absolute atomic E-state index is 12.0. The molecule has 3 nitrogen and oxygen atoms in total. The van der Waals surface area contributed by atoms with Crippen molar-refractivity contribution >= 4 is 44.1 Å². The molecule has 0 spiro atoms. The van der Waals surface area contributed by atoms with Gasteiger partial charge in [-0.3, -0.25) is 4.79 Å². The van der Waals surface area contributed by atoms with Crippen molar-refractivity contribution in [1.82, 2.24) is 0 Å². The minimum Gasteiger partial charge on any atom is -0.478 e. The van der Waals surface area contributed by atoms with Crippen molar-refractivity contribution in [2.45, 2.75) is 19.3 Å². The topological polar surface area (TPSA) is 54.4 Å². The summed E-state index contributed by atoms with van der Waals surface area (Å²) in [6, 6.07) is 29.7. The van der Waals surface area contributed by atoms with Gasteiger partial charge in [0, 0.05) is 12.0 Å². The van der Waals surface area contributed by atoms with E-state index in [0.717, 1.165) is 29.2 Å². The molecule has 1 aliphatic carbocycles. The second-order valence-electron chi connectivity index (χ2n) is 8.12. The standard InChI is InChI=1S/C18H14O.C11H8O2/c19-18-7-3-6-14-16-9-8-12-4-1-2-5-13(12)15(16)10-11-17(14)18;12-11(13)10-6-5-8-3-1-2-4-9(8)7-10/h1-2,4-5,8-11H,3,6-7H2;1-7H,(H,12,13). The monoisotopic (exact) mass is 418 g/mol. The number of carboxylic acids is 1. The van der Waals surface area contributed by atoms with Crippen LogP contribution in [-0.2, 0) is 6.42 Å². The molecule has 5 aromatic carbocycles. The van der Waals surface area contributed by atoms with Crippen LogP contribution in [-0.4, -0.2) is 16.9 Å². The average Bonchev–Trinajstić information content (AvgIpc) is 2.84. The van der Waals surface area contributed by atoms with Crippen LogP contribution in [0.5, 0.6) is 0 Å². The van der Waals surface area contributed by atoms with Gasteiger partial charge in [-0.2, -0.15) is 0 Å². The van der Waals surface area contributed by atoms with Crippen molar-refractivity contribution in [2.24, 2.45) is 0 Å². The van der Waals surface area contributed by atoms with Crippen LogP contribution in [0.25, 0.3) is 32.3 Å². The molecule has 156 valence electrons. The summed E-state index contributed by atoms with van der Waals surface area (Å²) >= 11 is 0. The Morgan fingerprint density at radius 1 is 0.656 bits per heavy atom. The minimum absolute atomic E-state index is 0.302. The van der Waals surface area contributed by atoms with Gasteiger partial charge in [0.25, 0.3) is 0 Å². The molecule has 0 aromatic heterocycles. The van der Waals surface area contributed by atoms with Gasteiger partial charge in [-0.15, -0.1) is 0 Å². The number of fused-ring (bicyclic) bond motifs is 6. The normalized spacial score (nSPS) is 12.9. The number of hydrogen-bond donors (Lipinski definition) is 1. The molecule has 32 heavy (non-hydrogen) atoms. The van der Waals surface area contributed by atoms with Gasteiger partial charge in [-0.1, -0.05) is 78.9 Å². The van der Waals surface area contributed by atoms with Gasteiger partial charge in [0.1, 0.15) is 0 Å². The summed E-state index contributed by atoms with van der Waals surface area (Å²) < 4.78 is 0. The molecule has 0 saturated carbocycles. The number of benzene rings is 5. The van der Waals surface area contributed by atoms with E-state index in [1.807, 2.05) is 36.4 Å². The Morgan fingerprint density at radius 2 is 1.34 bits per heavy atom. The lowest BCUT2D eigenvalue weighted by Crippen LogP contribution is -2.10. The largest absolute Gasteiger partial charge is 0.478 e. The van der Waals surface area contributed by atoms with E-state index in [1.54, 1.807) is 12.1 Å². The van der Waals surface area contributed by atoms with Crippen molar-refractivity contribution in [1.29, 1.82) is 0 Å². The van der Waals surface area contributed by atoms with Crippen LogP contribution in [0.2, 0.25) is 0 Å². The molecule has 1 N–H and O–H groups in total. The number of Topliss-reactive ketones (excluding diaryl/α,β-unsaturated/α-hetero) is 1. The zero-order valence-corrected chi connectivity index (χ0v) is 17.5. The highest BCUT2D eigenvalue weighted by Gasteiger charge is 2.19. The number of carboxylic acid groups (broad SMARTS) is 1. The molecular weight excluding hydrogens is 396 g/mol. The lowest BCUT2D eigenvalue weighted by atomic mass is 9.86. The van der Waals surface area contributed by atoms with E-state index < -0.39 is 5.97 Å². The van der Waals surface area contributed by atoms with E-state index in [1.165, 1.54) is 27.1 Å². The third-order valence-corrected chi connectivity index (χ3v) is 6.17. The number of aromatic carboxylic acids is 1. The molecule has 5 aromatic rings. The Balaban J connectivity index is 0.000000146. The summed E-state index contributed by atoms with van der Waals surface area (Å²) in [4.78, 5) is 22.6. The molecule has 0 radical (unpaired) electrons. The van der Waals surface area contributed by atoms with Crippen LogP contribution in [0, 0.1) is 0 Å². The van der Waals surface area contributed by atoms with E-state index in [4.69, 9.17) is 5.11 Å². The van der Waals surface area contributed by atoms with Crippen LogP contribution >= 0.6 is 0 Å². The first-order valence-corrected chi connectivity index (χ1v) is 10.8. The first-order chi connectivity index (χ1) is 15.6. The van der Waals surface area contributed by atoms with Crippen LogP contribution in [0.4, 0.5) is 0 Å². The molecule has 0 aliphatic heterocycles. The van der Waals surface area contributed by atoms with Crippen molar-refractivity contribution in [2.75, 3.05) is 0 Å². The summed E-state index contributed by atoms with van der Waals surface area (Å²) in [6.45, 7) is 0. The highest BCUT2D eigenvalue weighted by atomic mass is 16.4. The fourth-order valence-corrected chi connectivity index (χ4v) is 4.56. The van der Waals surface area contributed by atoms with Gasteiger partial charge in [0.05, 0.1) is 5.56 Å². The van der Waals surface area contributed by atoms with Crippen molar-refractivity contribution in [3.05, 3.63) is 108 Å². The van der Waals surface area contributed by atoms with Crippen molar-refractivity contribution in [3.8, 4) is 0 Å². The third-order valence-electron chi connectivity index (χ3n) is 6.17. The Bertz CT molecular complexity index is 1500. The molecule has 0 fully saturated rings. The van der Waals surface area contributed by atoms with Gasteiger partial charge < -0.3 is 5.11 Å². The Labute approximate surface area is 185 Å². The van der Waals surface area contributed by atoms with Gasteiger partial charge in [-0.05, 0) is 62.9 Å². The summed E-state index contributed by atoms with van der Waals surface area (Å²) in [5.41, 5.74) is 2.52. The summed E-state index contributed by atoms with van der Waals surface area (Å²) in [6.07, 6.45) is 2.71. The van der Waals surface area contributed by atoms with Gasteiger partial charge in [0.2, 0.25) is 0 Å². The van der Waals surface area contributed by atoms with Gasteiger partial charge >= 0.3 is 5.97 Å². The quantitative estimate of drug-likeness (QED) is 0.297. The fourth-order valence-electron chi connectivity index (χ4n) is 4.56. The highest BCUT2D eigenvalue weighted by Crippen LogP contribution is 2.33. The Hall–Kier alpha value is -3.98. The number of carbonyl (C=O) groups is 2. The molecule has 0 saturated heterocycles. The zero-order valence-electron chi connectivity index (χ0n) is 17.5. The third kappa shape index (κ3) is 3.63. The van der Waals surface area contributed by atoms with E-state index >= 15 is 0 Å². The SMILES string of the molecule is O=C(O)c1ccc2ccccc2c1.O=C1CCCc2c1ccc1c2ccc2ccccc21. The first kappa shape index (κ1) is 20.0. The maximum Gasteiger partial charge on any atom is 0.335 e. The second kappa shape index (κ2) is 8.27. The smallest absolute Gasteiger partial charge is 0.335 e. The van der Waals surface area contributed by atoms with Gasteiger partial charge in [0.15, 0.2) is 5.78 Å².